The Hall–Kier alpha value is -2.27. The van der Waals surface area contributed by atoms with Crippen LogP contribution in [0.1, 0.15) is 0 Å². The van der Waals surface area contributed by atoms with E-state index in [4.69, 9.17) is 32.7 Å². The van der Waals surface area contributed by atoms with Crippen LogP contribution >= 0.6 is 35.0 Å². The molecule has 3 rings (SSSR count). The molecule has 2 N–H and O–H groups in total. The van der Waals surface area contributed by atoms with Gasteiger partial charge in [-0.05, 0) is 24.5 Å². The number of carbonyl (C=O) groups is 1. The Bertz CT molecular complexity index is 1050. The van der Waals surface area contributed by atoms with Crippen molar-refractivity contribution in [3.8, 4) is 5.75 Å². The number of nitrogens with zero attached hydrogens (tertiary/aromatic N) is 4. The number of anilines is 1. The van der Waals surface area contributed by atoms with Gasteiger partial charge in [0.2, 0.25) is 0 Å². The largest absolute Gasteiger partial charge is 0.482 e. The lowest BCUT2D eigenvalue weighted by atomic mass is 10.3. The number of benzene rings is 1. The molecule has 0 bridgehead atoms. The molecule has 0 radical (unpaired) electrons. The van der Waals surface area contributed by atoms with Gasteiger partial charge in [-0.25, -0.2) is 14.6 Å². The minimum absolute atomic E-state index is 0.159. The number of hydrogen-bond donors (Lipinski definition) is 2. The summed E-state index contributed by atoms with van der Waals surface area (Å²) in [6.45, 7) is 1.82. The molecule has 166 valence electrons. The first-order valence-corrected chi connectivity index (χ1v) is 11.3. The number of hydrogen-bond acceptors (Lipinski definition) is 8. The number of ether oxygens (including phenoxy) is 2. The second-order valence-corrected chi connectivity index (χ2v) is 7.91. The van der Waals surface area contributed by atoms with Crippen molar-refractivity contribution in [3.05, 3.63) is 34.4 Å². The molecule has 31 heavy (non-hydrogen) atoms. The minimum Gasteiger partial charge on any atom is -0.482 e. The van der Waals surface area contributed by atoms with Crippen molar-refractivity contribution in [2.75, 3.05) is 45.0 Å². The third-order valence-electron chi connectivity index (χ3n) is 4.16. The maximum absolute atomic E-state index is 12.1. The Morgan fingerprint density at radius 2 is 2.10 bits per heavy atom. The van der Waals surface area contributed by atoms with Crippen LogP contribution in [0.25, 0.3) is 11.0 Å². The molecule has 1 aromatic carbocycles. The lowest BCUT2D eigenvalue weighted by Crippen LogP contribution is -2.31. The molecule has 0 saturated carbocycles. The number of carbonyl (C=O) groups excluding carboxylic acids is 1. The summed E-state index contributed by atoms with van der Waals surface area (Å²) < 4.78 is 12.2. The van der Waals surface area contributed by atoms with Crippen molar-refractivity contribution in [2.45, 2.75) is 11.7 Å². The van der Waals surface area contributed by atoms with Crippen LogP contribution in [0.15, 0.2) is 29.6 Å². The molecular weight excluding hydrogens is 463 g/mol. The normalized spacial score (nSPS) is 11.0. The Kier molecular flexibility index (Phi) is 8.59. The van der Waals surface area contributed by atoms with Gasteiger partial charge in [0, 0.05) is 25.2 Å². The van der Waals surface area contributed by atoms with Crippen LogP contribution in [0.2, 0.25) is 10.0 Å². The highest BCUT2D eigenvalue weighted by atomic mass is 35.5. The van der Waals surface area contributed by atoms with Crippen LogP contribution in [0.3, 0.4) is 0 Å². The molecule has 0 fully saturated rings. The quantitative estimate of drug-likeness (QED) is 0.243. The van der Waals surface area contributed by atoms with E-state index in [1.165, 1.54) is 11.8 Å². The number of rotatable bonds is 11. The van der Waals surface area contributed by atoms with E-state index in [0.717, 1.165) is 5.39 Å². The van der Waals surface area contributed by atoms with E-state index in [1.807, 2.05) is 6.26 Å². The van der Waals surface area contributed by atoms with E-state index < -0.39 is 0 Å². The second-order valence-electron chi connectivity index (χ2n) is 6.30. The average molecular weight is 485 g/mol. The van der Waals surface area contributed by atoms with Crippen LogP contribution in [0.4, 0.5) is 5.82 Å². The number of halogens is 2. The highest BCUT2D eigenvalue weighted by Crippen LogP contribution is 2.27. The zero-order chi connectivity index (χ0) is 22.2. The standard InChI is InChI=1S/C19H22Cl2N6O3S/c1-29-8-6-23-17-13-10-24-27(18(13)26-19(25-17)31-2)7-5-22-16(28)11-30-15-4-3-12(20)9-14(15)21/h3-4,9-10H,5-8,11H2,1-2H3,(H,22,28)(H,23,25,26). The summed E-state index contributed by atoms with van der Waals surface area (Å²) >= 11 is 13.3. The summed E-state index contributed by atoms with van der Waals surface area (Å²) in [4.78, 5) is 21.2. The molecule has 12 heteroatoms. The summed E-state index contributed by atoms with van der Waals surface area (Å²) in [6.07, 6.45) is 3.62. The molecule has 0 saturated heterocycles. The second kappa shape index (κ2) is 11.4. The van der Waals surface area contributed by atoms with Crippen LogP contribution in [0.5, 0.6) is 5.75 Å². The van der Waals surface area contributed by atoms with Crippen molar-refractivity contribution in [2.24, 2.45) is 0 Å². The van der Waals surface area contributed by atoms with Gasteiger partial charge in [0.05, 0.1) is 29.8 Å². The summed E-state index contributed by atoms with van der Waals surface area (Å²) in [5, 5.41) is 12.7. The molecule has 0 atom stereocenters. The number of methoxy groups -OCH3 is 1. The van der Waals surface area contributed by atoms with Crippen LogP contribution < -0.4 is 15.4 Å². The summed E-state index contributed by atoms with van der Waals surface area (Å²) in [7, 11) is 1.64. The van der Waals surface area contributed by atoms with E-state index >= 15 is 0 Å². The molecular formula is C19H22Cl2N6O3S. The van der Waals surface area contributed by atoms with Crippen LogP contribution in [0, 0.1) is 0 Å². The van der Waals surface area contributed by atoms with Crippen molar-refractivity contribution in [1.29, 1.82) is 0 Å². The summed E-state index contributed by atoms with van der Waals surface area (Å²) in [5.74, 6) is 0.827. The van der Waals surface area contributed by atoms with Crippen LogP contribution in [-0.4, -0.2) is 65.3 Å². The van der Waals surface area contributed by atoms with E-state index in [9.17, 15) is 4.79 Å². The zero-order valence-electron chi connectivity index (χ0n) is 17.0. The predicted octanol–water partition coefficient (Wildman–Crippen LogP) is 3.11. The Morgan fingerprint density at radius 3 is 2.84 bits per heavy atom. The Labute approximate surface area is 193 Å². The molecule has 0 aliphatic carbocycles. The first-order chi connectivity index (χ1) is 15.0. The Morgan fingerprint density at radius 1 is 1.26 bits per heavy atom. The average Bonchev–Trinajstić information content (AvgIpc) is 3.16. The maximum Gasteiger partial charge on any atom is 0.258 e. The minimum atomic E-state index is -0.274. The fourth-order valence-corrected chi connectivity index (χ4v) is 3.51. The molecule has 2 aromatic heterocycles. The highest BCUT2D eigenvalue weighted by Gasteiger charge is 2.13. The van der Waals surface area contributed by atoms with E-state index in [1.54, 1.807) is 36.2 Å². The van der Waals surface area contributed by atoms with Gasteiger partial charge in [-0.3, -0.25) is 4.79 Å². The molecule has 1 amide bonds. The van der Waals surface area contributed by atoms with Crippen molar-refractivity contribution < 1.29 is 14.3 Å². The molecule has 0 unspecified atom stereocenters. The van der Waals surface area contributed by atoms with E-state index in [-0.39, 0.29) is 12.5 Å². The predicted molar refractivity (Wildman–Crippen MR) is 122 cm³/mol. The van der Waals surface area contributed by atoms with Gasteiger partial charge in [-0.2, -0.15) is 5.10 Å². The van der Waals surface area contributed by atoms with Gasteiger partial charge in [0.15, 0.2) is 17.4 Å². The van der Waals surface area contributed by atoms with Gasteiger partial charge < -0.3 is 20.1 Å². The van der Waals surface area contributed by atoms with Crippen molar-refractivity contribution >= 4 is 57.7 Å². The highest BCUT2D eigenvalue weighted by molar-refractivity contribution is 7.98. The first-order valence-electron chi connectivity index (χ1n) is 9.36. The van der Waals surface area contributed by atoms with Crippen molar-refractivity contribution in [3.63, 3.8) is 0 Å². The van der Waals surface area contributed by atoms with Gasteiger partial charge >= 0.3 is 0 Å². The SMILES string of the molecule is COCCNc1nc(SC)nc2c1cnn2CCNC(=O)COc1ccc(Cl)cc1Cl. The monoisotopic (exact) mass is 484 g/mol. The fourth-order valence-electron chi connectivity index (χ4n) is 2.68. The van der Waals surface area contributed by atoms with Crippen molar-refractivity contribution in [1.82, 2.24) is 25.1 Å². The molecule has 9 nitrogen and oxygen atoms in total. The topological polar surface area (TPSA) is 103 Å². The molecule has 0 aliphatic heterocycles. The van der Waals surface area contributed by atoms with Gasteiger partial charge in [0.25, 0.3) is 5.91 Å². The van der Waals surface area contributed by atoms with Crippen LogP contribution in [-0.2, 0) is 16.1 Å². The molecule has 2 heterocycles. The summed E-state index contributed by atoms with van der Waals surface area (Å²) in [5.41, 5.74) is 0.692. The summed E-state index contributed by atoms with van der Waals surface area (Å²) in [6, 6.07) is 4.82. The van der Waals surface area contributed by atoms with Gasteiger partial charge in [-0.15, -0.1) is 0 Å². The zero-order valence-corrected chi connectivity index (χ0v) is 19.4. The molecule has 0 spiro atoms. The van der Waals surface area contributed by atoms with E-state index in [0.29, 0.717) is 58.7 Å². The molecule has 3 aromatic rings. The smallest absolute Gasteiger partial charge is 0.258 e. The molecule has 0 aliphatic rings. The van der Waals surface area contributed by atoms with Gasteiger partial charge in [-0.1, -0.05) is 35.0 Å². The number of fused-ring (bicyclic) bond motifs is 1. The lowest BCUT2D eigenvalue weighted by molar-refractivity contribution is -0.123. The third kappa shape index (κ3) is 6.36. The lowest BCUT2D eigenvalue weighted by Gasteiger charge is -2.10. The fraction of sp³-hybridized carbons (Fsp3) is 0.368. The number of aromatic nitrogens is 4. The Balaban J connectivity index is 1.57. The van der Waals surface area contributed by atoms with E-state index in [2.05, 4.69) is 25.7 Å². The third-order valence-corrected chi connectivity index (χ3v) is 5.23. The number of nitrogens with one attached hydrogen (secondary N) is 2. The maximum atomic E-state index is 12.1. The van der Waals surface area contributed by atoms with Gasteiger partial charge in [0.1, 0.15) is 11.6 Å². The number of amides is 1. The first kappa shape index (κ1) is 23.4. The number of thioether (sulfide) groups is 1.